The summed E-state index contributed by atoms with van der Waals surface area (Å²) in [7, 11) is -4.00. The molecule has 3 aromatic rings. The van der Waals surface area contributed by atoms with Gasteiger partial charge in [-0.2, -0.15) is 0 Å². The van der Waals surface area contributed by atoms with Gasteiger partial charge < -0.3 is 10.1 Å². The van der Waals surface area contributed by atoms with Crippen LogP contribution in [0.4, 0.5) is 5.69 Å². The Morgan fingerprint density at radius 1 is 1.03 bits per heavy atom. The number of halogens is 1. The van der Waals surface area contributed by atoms with E-state index in [1.807, 2.05) is 50.2 Å². The minimum atomic E-state index is -4.00. The Hall–Kier alpha value is -3.03. The van der Waals surface area contributed by atoms with Crippen LogP contribution in [0.1, 0.15) is 46.8 Å². The number of hydrogen-bond acceptors (Lipinski definition) is 4. The fraction of sp³-hybridized carbons (Fsp3) is 0.269. The summed E-state index contributed by atoms with van der Waals surface area (Å²) in [4.78, 5) is 12.5. The number of para-hydroxylation sites is 1. The Labute approximate surface area is 206 Å². The van der Waals surface area contributed by atoms with Crippen molar-refractivity contribution in [3.63, 3.8) is 0 Å². The lowest BCUT2D eigenvalue weighted by Gasteiger charge is -2.15. The molecule has 2 N–H and O–H groups in total. The van der Waals surface area contributed by atoms with Gasteiger partial charge >= 0.3 is 0 Å². The summed E-state index contributed by atoms with van der Waals surface area (Å²) >= 11 is 6.18. The molecule has 0 saturated heterocycles. The molecule has 0 unspecified atom stereocenters. The van der Waals surface area contributed by atoms with E-state index in [4.69, 9.17) is 16.3 Å². The second-order valence-electron chi connectivity index (χ2n) is 8.37. The van der Waals surface area contributed by atoms with E-state index in [9.17, 15) is 13.2 Å². The molecule has 1 amide bonds. The number of carbonyl (C=O) groups excluding carboxylic acids is 1. The lowest BCUT2D eigenvalue weighted by Crippen LogP contribution is -2.28. The third-order valence-corrected chi connectivity index (χ3v) is 7.14. The van der Waals surface area contributed by atoms with Gasteiger partial charge in [0.15, 0.2) is 0 Å². The highest BCUT2D eigenvalue weighted by atomic mass is 35.5. The van der Waals surface area contributed by atoms with E-state index in [1.165, 1.54) is 18.2 Å². The quantitative estimate of drug-likeness (QED) is 0.370. The van der Waals surface area contributed by atoms with Gasteiger partial charge in [0.2, 0.25) is 0 Å². The first-order valence-electron chi connectivity index (χ1n) is 11.0. The highest BCUT2D eigenvalue weighted by Gasteiger charge is 2.21. The Morgan fingerprint density at radius 3 is 2.47 bits per heavy atom. The zero-order valence-electron chi connectivity index (χ0n) is 19.7. The molecule has 0 aliphatic rings. The standard InChI is InChI=1S/C26H29ClN2O4S/c1-17(2)21-7-5-6-8-24(21)33-14-13-28-26(30)20-10-11-22(27)25(16-20)34(31,32)29-23-12-9-18(3)15-19(23)4/h5-12,15-17,29H,13-14H2,1-4H3,(H,28,30). The Balaban J connectivity index is 1.67. The van der Waals surface area contributed by atoms with E-state index in [0.717, 1.165) is 22.4 Å². The van der Waals surface area contributed by atoms with Gasteiger partial charge in [-0.05, 0) is 61.2 Å². The Bertz CT molecular complexity index is 1290. The Kier molecular flexibility index (Phi) is 8.23. The number of nitrogens with one attached hydrogen (secondary N) is 2. The number of anilines is 1. The topological polar surface area (TPSA) is 84.5 Å². The fourth-order valence-electron chi connectivity index (χ4n) is 3.49. The van der Waals surface area contributed by atoms with Crippen LogP contribution < -0.4 is 14.8 Å². The van der Waals surface area contributed by atoms with Gasteiger partial charge in [0.05, 0.1) is 17.3 Å². The fourth-order valence-corrected chi connectivity index (χ4v) is 5.15. The van der Waals surface area contributed by atoms with Crippen LogP contribution in [-0.2, 0) is 10.0 Å². The van der Waals surface area contributed by atoms with Crippen molar-refractivity contribution in [3.8, 4) is 5.75 Å². The molecular weight excluding hydrogens is 472 g/mol. The second kappa shape index (κ2) is 10.9. The van der Waals surface area contributed by atoms with Crippen molar-refractivity contribution in [1.29, 1.82) is 0 Å². The average Bonchev–Trinajstić information content (AvgIpc) is 2.78. The first-order chi connectivity index (χ1) is 16.1. The van der Waals surface area contributed by atoms with E-state index in [2.05, 4.69) is 23.9 Å². The normalized spacial score (nSPS) is 11.4. The minimum Gasteiger partial charge on any atom is -0.491 e. The molecule has 180 valence electrons. The maximum absolute atomic E-state index is 13.0. The average molecular weight is 501 g/mol. The summed E-state index contributed by atoms with van der Waals surface area (Å²) in [6.45, 7) is 8.46. The first-order valence-corrected chi connectivity index (χ1v) is 12.8. The van der Waals surface area contributed by atoms with Crippen LogP contribution in [0, 0.1) is 13.8 Å². The molecule has 3 rings (SSSR count). The number of carbonyl (C=O) groups is 1. The SMILES string of the molecule is Cc1ccc(NS(=O)(=O)c2cc(C(=O)NCCOc3ccccc3C(C)C)ccc2Cl)c(C)c1. The minimum absolute atomic E-state index is 0.0300. The molecule has 3 aromatic carbocycles. The van der Waals surface area contributed by atoms with Crippen LogP contribution in [0.15, 0.2) is 65.6 Å². The number of amides is 1. The van der Waals surface area contributed by atoms with E-state index in [0.29, 0.717) is 11.6 Å². The number of ether oxygens (including phenoxy) is 1. The van der Waals surface area contributed by atoms with Crippen LogP contribution >= 0.6 is 11.6 Å². The number of aryl methyl sites for hydroxylation is 2. The van der Waals surface area contributed by atoms with Crippen molar-refractivity contribution in [2.75, 3.05) is 17.9 Å². The second-order valence-corrected chi connectivity index (χ2v) is 10.4. The molecule has 0 aromatic heterocycles. The molecule has 0 radical (unpaired) electrons. The summed E-state index contributed by atoms with van der Waals surface area (Å²) < 4.78 is 34.4. The van der Waals surface area contributed by atoms with Crippen molar-refractivity contribution >= 4 is 33.2 Å². The lowest BCUT2D eigenvalue weighted by molar-refractivity contribution is 0.0946. The molecule has 6 nitrogen and oxygen atoms in total. The predicted molar refractivity (Wildman–Crippen MR) is 137 cm³/mol. The lowest BCUT2D eigenvalue weighted by atomic mass is 10.0. The number of benzene rings is 3. The molecular formula is C26H29ClN2O4S. The van der Waals surface area contributed by atoms with Gasteiger partial charge in [0, 0.05) is 5.56 Å². The van der Waals surface area contributed by atoms with Crippen LogP contribution in [0.2, 0.25) is 5.02 Å². The van der Waals surface area contributed by atoms with E-state index < -0.39 is 15.9 Å². The molecule has 8 heteroatoms. The number of rotatable bonds is 9. The molecule has 0 aliphatic heterocycles. The van der Waals surface area contributed by atoms with Gasteiger partial charge in [-0.1, -0.05) is 61.3 Å². The molecule has 0 heterocycles. The van der Waals surface area contributed by atoms with E-state index in [1.54, 1.807) is 6.07 Å². The third kappa shape index (κ3) is 6.30. The van der Waals surface area contributed by atoms with E-state index in [-0.39, 0.29) is 28.6 Å². The molecule has 0 fully saturated rings. The zero-order chi connectivity index (χ0) is 24.9. The van der Waals surface area contributed by atoms with Gasteiger partial charge in [0.1, 0.15) is 17.3 Å². The summed E-state index contributed by atoms with van der Waals surface area (Å²) in [5.41, 5.74) is 3.54. The van der Waals surface area contributed by atoms with Crippen molar-refractivity contribution < 1.29 is 17.9 Å². The van der Waals surface area contributed by atoms with Gasteiger partial charge in [-0.25, -0.2) is 8.42 Å². The van der Waals surface area contributed by atoms with Crippen LogP contribution in [0.25, 0.3) is 0 Å². The van der Waals surface area contributed by atoms with Crippen molar-refractivity contribution in [2.45, 2.75) is 38.5 Å². The molecule has 34 heavy (non-hydrogen) atoms. The van der Waals surface area contributed by atoms with Crippen LogP contribution in [0.5, 0.6) is 5.75 Å². The van der Waals surface area contributed by atoms with Crippen LogP contribution in [-0.4, -0.2) is 27.5 Å². The molecule has 0 spiro atoms. The van der Waals surface area contributed by atoms with Gasteiger partial charge in [-0.3, -0.25) is 9.52 Å². The molecule has 0 bridgehead atoms. The smallest absolute Gasteiger partial charge is 0.263 e. The number of hydrogen-bond donors (Lipinski definition) is 2. The molecule has 0 aliphatic carbocycles. The molecule has 0 saturated carbocycles. The van der Waals surface area contributed by atoms with Crippen molar-refractivity contribution in [3.05, 3.63) is 87.9 Å². The maximum Gasteiger partial charge on any atom is 0.263 e. The summed E-state index contributed by atoms with van der Waals surface area (Å²) in [6.07, 6.45) is 0. The van der Waals surface area contributed by atoms with Crippen LogP contribution in [0.3, 0.4) is 0 Å². The predicted octanol–water partition coefficient (Wildman–Crippen LogP) is 5.69. The maximum atomic E-state index is 13.0. The monoisotopic (exact) mass is 500 g/mol. The first kappa shape index (κ1) is 25.6. The highest BCUT2D eigenvalue weighted by molar-refractivity contribution is 7.92. The summed E-state index contributed by atoms with van der Waals surface area (Å²) in [6, 6.07) is 17.3. The van der Waals surface area contributed by atoms with Crippen molar-refractivity contribution in [1.82, 2.24) is 5.32 Å². The Morgan fingerprint density at radius 2 is 1.76 bits per heavy atom. The molecule has 0 atom stereocenters. The van der Waals surface area contributed by atoms with Gasteiger partial charge in [0.25, 0.3) is 15.9 Å². The van der Waals surface area contributed by atoms with Gasteiger partial charge in [-0.15, -0.1) is 0 Å². The van der Waals surface area contributed by atoms with Crippen molar-refractivity contribution in [2.24, 2.45) is 0 Å². The summed E-state index contributed by atoms with van der Waals surface area (Å²) in [5.74, 6) is 0.682. The summed E-state index contributed by atoms with van der Waals surface area (Å²) in [5, 5.41) is 2.79. The highest BCUT2D eigenvalue weighted by Crippen LogP contribution is 2.27. The zero-order valence-corrected chi connectivity index (χ0v) is 21.3. The number of sulfonamides is 1. The van der Waals surface area contributed by atoms with E-state index >= 15 is 0 Å². The third-order valence-electron chi connectivity index (χ3n) is 5.30. The largest absolute Gasteiger partial charge is 0.491 e.